The zero-order valence-electron chi connectivity index (χ0n) is 7.61. The summed E-state index contributed by atoms with van der Waals surface area (Å²) in [6, 6.07) is 0. The zero-order chi connectivity index (χ0) is 11.1. The van der Waals surface area contributed by atoms with Crippen molar-refractivity contribution in [2.24, 2.45) is 5.14 Å². The fourth-order valence-electron chi connectivity index (χ4n) is 0.931. The lowest BCUT2D eigenvalue weighted by Gasteiger charge is -2.15. The van der Waals surface area contributed by atoms with Gasteiger partial charge >= 0.3 is 0 Å². The molecule has 1 aromatic heterocycles. The van der Waals surface area contributed by atoms with E-state index in [1.54, 1.807) is 0 Å². The Balaban J connectivity index is 3.37. The normalized spacial score (nSPS) is 13.2. The summed E-state index contributed by atoms with van der Waals surface area (Å²) in [6.45, 7) is 2.73. The Morgan fingerprint density at radius 3 is 2.29 bits per heavy atom. The molecule has 0 amide bonds. The van der Waals surface area contributed by atoms with Crippen LogP contribution in [0.15, 0.2) is 9.59 Å². The van der Waals surface area contributed by atoms with Gasteiger partial charge in [0.1, 0.15) is 0 Å². The molecule has 1 aromatic rings. The topological polar surface area (TPSA) is 80.4 Å². The Morgan fingerprint density at radius 2 is 2.07 bits per heavy atom. The Hall–Kier alpha value is -0.500. The minimum Gasteiger partial charge on any atom is -0.386 e. The predicted molar refractivity (Wildman–Crippen MR) is 50.9 cm³/mol. The maximum atomic E-state index is 13.4. The van der Waals surface area contributed by atoms with E-state index in [-0.39, 0.29) is 5.56 Å². The van der Waals surface area contributed by atoms with Gasteiger partial charge in [-0.2, -0.15) is 0 Å². The number of hydrogen-bond acceptors (Lipinski definition) is 4. The van der Waals surface area contributed by atoms with Crippen molar-refractivity contribution in [1.82, 2.24) is 0 Å². The number of rotatable bonds is 2. The van der Waals surface area contributed by atoms with Crippen LogP contribution in [0, 0.1) is 5.82 Å². The minimum absolute atomic E-state index is 0.0634. The monoisotopic (exact) mass is 239 g/mol. The third kappa shape index (κ3) is 2.11. The van der Waals surface area contributed by atoms with Crippen molar-refractivity contribution in [3.8, 4) is 0 Å². The van der Waals surface area contributed by atoms with Crippen LogP contribution in [0.25, 0.3) is 0 Å². The molecule has 4 nitrogen and oxygen atoms in total. The van der Waals surface area contributed by atoms with Crippen LogP contribution in [0.3, 0.4) is 0 Å². The fraction of sp³-hybridized carbons (Fsp3) is 0.429. The van der Waals surface area contributed by atoms with Gasteiger partial charge in [0.2, 0.25) is 0 Å². The molecular weight excluding hydrogens is 229 g/mol. The van der Waals surface area contributed by atoms with Gasteiger partial charge in [0.05, 0.1) is 5.60 Å². The van der Waals surface area contributed by atoms with Crippen LogP contribution in [-0.4, -0.2) is 13.5 Å². The molecule has 0 aliphatic carbocycles. The van der Waals surface area contributed by atoms with Crippen molar-refractivity contribution in [3.05, 3.63) is 16.8 Å². The van der Waals surface area contributed by atoms with E-state index >= 15 is 0 Å². The number of thiophene rings is 1. The van der Waals surface area contributed by atoms with Gasteiger partial charge < -0.3 is 5.11 Å². The molecule has 0 aliphatic rings. The molecule has 0 spiro atoms. The van der Waals surface area contributed by atoms with Crippen molar-refractivity contribution in [1.29, 1.82) is 0 Å². The number of nitrogens with two attached hydrogens (primary N) is 1. The van der Waals surface area contributed by atoms with Gasteiger partial charge in [-0.25, -0.2) is 17.9 Å². The minimum atomic E-state index is -4.04. The first kappa shape index (κ1) is 11.6. The molecule has 0 saturated carbocycles. The van der Waals surface area contributed by atoms with Crippen LogP contribution in [0.5, 0.6) is 0 Å². The van der Waals surface area contributed by atoms with E-state index in [1.165, 1.54) is 19.2 Å². The first-order chi connectivity index (χ1) is 6.14. The SMILES string of the molecule is CC(C)(O)c1csc(S(N)(=O)=O)c1F. The summed E-state index contributed by atoms with van der Waals surface area (Å²) >= 11 is 0.662. The second kappa shape index (κ2) is 3.27. The van der Waals surface area contributed by atoms with Crippen molar-refractivity contribution in [2.45, 2.75) is 23.7 Å². The molecule has 0 aliphatic heterocycles. The molecular formula is C7H10FNO3S2. The highest BCUT2D eigenvalue weighted by molar-refractivity contribution is 7.91. The summed E-state index contributed by atoms with van der Waals surface area (Å²) in [5.74, 6) is -0.968. The molecule has 0 unspecified atom stereocenters. The van der Waals surface area contributed by atoms with Gasteiger partial charge in [-0.15, -0.1) is 11.3 Å². The summed E-state index contributed by atoms with van der Waals surface area (Å²) in [5, 5.41) is 15.5. The second-order valence-corrected chi connectivity index (χ2v) is 5.99. The quantitative estimate of drug-likeness (QED) is 0.799. The van der Waals surface area contributed by atoms with Gasteiger partial charge in [-0.05, 0) is 13.8 Å². The van der Waals surface area contributed by atoms with Gasteiger partial charge in [0.25, 0.3) is 10.0 Å². The fourth-order valence-corrected chi connectivity index (χ4v) is 2.80. The molecule has 0 aromatic carbocycles. The number of aliphatic hydroxyl groups is 1. The van der Waals surface area contributed by atoms with Gasteiger partial charge in [0, 0.05) is 10.9 Å². The standard InChI is InChI=1S/C7H10FNO3S2/c1-7(2,10)4-3-13-6(5(4)8)14(9,11)12/h3,10H,1-2H3,(H2,9,11,12). The first-order valence-corrected chi connectivity index (χ1v) is 6.09. The smallest absolute Gasteiger partial charge is 0.250 e. The van der Waals surface area contributed by atoms with E-state index in [0.717, 1.165) is 0 Å². The van der Waals surface area contributed by atoms with Crippen LogP contribution >= 0.6 is 11.3 Å². The molecule has 1 heterocycles. The second-order valence-electron chi connectivity index (χ2n) is 3.35. The highest BCUT2D eigenvalue weighted by Crippen LogP contribution is 2.31. The molecule has 3 N–H and O–H groups in total. The first-order valence-electron chi connectivity index (χ1n) is 3.66. The van der Waals surface area contributed by atoms with Crippen LogP contribution in [0.1, 0.15) is 19.4 Å². The van der Waals surface area contributed by atoms with Crippen molar-refractivity contribution >= 4 is 21.4 Å². The van der Waals surface area contributed by atoms with Crippen molar-refractivity contribution in [2.75, 3.05) is 0 Å². The summed E-state index contributed by atoms with van der Waals surface area (Å²) in [7, 11) is -4.04. The molecule has 14 heavy (non-hydrogen) atoms. The van der Waals surface area contributed by atoms with Gasteiger partial charge in [-0.3, -0.25) is 0 Å². The number of halogens is 1. The van der Waals surface area contributed by atoms with Crippen LogP contribution < -0.4 is 5.14 Å². The predicted octanol–water partition coefficient (Wildman–Crippen LogP) is 0.762. The molecule has 0 radical (unpaired) electrons. The summed E-state index contributed by atoms with van der Waals surface area (Å²) in [4.78, 5) is 0. The highest BCUT2D eigenvalue weighted by atomic mass is 32.2. The lowest BCUT2D eigenvalue weighted by Crippen LogP contribution is -2.18. The zero-order valence-corrected chi connectivity index (χ0v) is 9.25. The van der Waals surface area contributed by atoms with E-state index < -0.39 is 25.7 Å². The Bertz CT molecular complexity index is 444. The summed E-state index contributed by atoms with van der Waals surface area (Å²) in [6.07, 6.45) is 0. The van der Waals surface area contributed by atoms with Crippen molar-refractivity contribution in [3.63, 3.8) is 0 Å². The van der Waals surface area contributed by atoms with E-state index in [1.807, 2.05) is 0 Å². The molecule has 0 saturated heterocycles. The maximum Gasteiger partial charge on any atom is 0.250 e. The third-order valence-electron chi connectivity index (χ3n) is 1.62. The molecule has 7 heteroatoms. The number of sulfonamides is 1. The molecule has 0 fully saturated rings. The van der Waals surface area contributed by atoms with Crippen LogP contribution in [-0.2, 0) is 15.6 Å². The Morgan fingerprint density at radius 1 is 1.57 bits per heavy atom. The molecule has 0 bridgehead atoms. The average molecular weight is 239 g/mol. The summed E-state index contributed by atoms with van der Waals surface area (Å²) in [5.41, 5.74) is -1.48. The highest BCUT2D eigenvalue weighted by Gasteiger charge is 2.28. The van der Waals surface area contributed by atoms with Crippen molar-refractivity contribution < 1.29 is 17.9 Å². The third-order valence-corrected chi connectivity index (χ3v) is 4.05. The number of primary sulfonamides is 1. The Labute approximate surface area is 85.2 Å². The van der Waals surface area contributed by atoms with Gasteiger partial charge in [0.15, 0.2) is 10.0 Å². The average Bonchev–Trinajstić information content (AvgIpc) is 2.26. The van der Waals surface area contributed by atoms with Crippen LogP contribution in [0.4, 0.5) is 4.39 Å². The van der Waals surface area contributed by atoms with Gasteiger partial charge in [-0.1, -0.05) is 0 Å². The van der Waals surface area contributed by atoms with E-state index in [4.69, 9.17) is 5.14 Å². The van der Waals surface area contributed by atoms with Crippen LogP contribution in [0.2, 0.25) is 0 Å². The molecule has 0 atom stereocenters. The lowest BCUT2D eigenvalue weighted by atomic mass is 10.0. The van der Waals surface area contributed by atoms with E-state index in [2.05, 4.69) is 0 Å². The maximum absolute atomic E-state index is 13.4. The largest absolute Gasteiger partial charge is 0.386 e. The molecule has 1 rings (SSSR count). The van der Waals surface area contributed by atoms with E-state index in [0.29, 0.717) is 11.3 Å². The van der Waals surface area contributed by atoms with E-state index in [9.17, 15) is 17.9 Å². The molecule has 80 valence electrons. The lowest BCUT2D eigenvalue weighted by molar-refractivity contribution is 0.0748. The summed E-state index contributed by atoms with van der Waals surface area (Å²) < 4.78 is 34.6. The Kier molecular flexibility index (Phi) is 2.70. The number of hydrogen-bond donors (Lipinski definition) is 2.